The van der Waals surface area contributed by atoms with E-state index in [1.807, 2.05) is 7.05 Å². The molecule has 2 aliphatic rings. The Balaban J connectivity index is 1.46. The van der Waals surface area contributed by atoms with Crippen LogP contribution in [0.5, 0.6) is 0 Å². The molecule has 3 rings (SSSR count). The summed E-state index contributed by atoms with van der Waals surface area (Å²) >= 11 is 3.50. The summed E-state index contributed by atoms with van der Waals surface area (Å²) in [6.45, 7) is 6.92. The number of guanidine groups is 1. The Labute approximate surface area is 154 Å². The highest BCUT2D eigenvalue weighted by Crippen LogP contribution is 2.41. The van der Waals surface area contributed by atoms with E-state index >= 15 is 0 Å². The van der Waals surface area contributed by atoms with E-state index in [-0.39, 0.29) is 0 Å². The molecule has 0 bridgehead atoms. The third kappa shape index (κ3) is 4.51. The molecule has 4 nitrogen and oxygen atoms in total. The van der Waals surface area contributed by atoms with Crippen molar-refractivity contribution in [1.29, 1.82) is 0 Å². The first-order chi connectivity index (χ1) is 11.6. The van der Waals surface area contributed by atoms with E-state index in [0.29, 0.717) is 24.0 Å². The van der Waals surface area contributed by atoms with Gasteiger partial charge in [-0.05, 0) is 50.8 Å². The minimum atomic E-state index is 0.508. The van der Waals surface area contributed by atoms with E-state index in [9.17, 15) is 0 Å². The number of piperidine rings is 1. The monoisotopic (exact) mass is 392 g/mol. The standard InChI is InChI=1S/C19H29BrN4/c1-13(2)24-10-8-16(9-11-24)22-19(21-3)23-18-12-17(18)14-4-6-15(20)7-5-14/h4-7,13,16-18H,8-12H2,1-3H3,(H2,21,22,23). The van der Waals surface area contributed by atoms with E-state index in [4.69, 9.17) is 0 Å². The predicted molar refractivity (Wildman–Crippen MR) is 105 cm³/mol. The average molecular weight is 393 g/mol. The van der Waals surface area contributed by atoms with Crippen molar-refractivity contribution in [2.24, 2.45) is 4.99 Å². The summed E-state index contributed by atoms with van der Waals surface area (Å²) in [6.07, 6.45) is 3.58. The highest BCUT2D eigenvalue weighted by molar-refractivity contribution is 9.10. The van der Waals surface area contributed by atoms with Crippen LogP contribution in [0.25, 0.3) is 0 Å². The van der Waals surface area contributed by atoms with Gasteiger partial charge in [0.2, 0.25) is 0 Å². The molecule has 1 saturated heterocycles. The molecule has 1 aromatic carbocycles. The largest absolute Gasteiger partial charge is 0.354 e. The minimum Gasteiger partial charge on any atom is -0.354 e. The fourth-order valence-corrected chi connectivity index (χ4v) is 3.80. The Morgan fingerprint density at radius 3 is 2.42 bits per heavy atom. The molecule has 132 valence electrons. The summed E-state index contributed by atoms with van der Waals surface area (Å²) in [6, 6.07) is 10.4. The van der Waals surface area contributed by atoms with Gasteiger partial charge in [0.25, 0.3) is 0 Å². The Hall–Kier alpha value is -1.07. The van der Waals surface area contributed by atoms with E-state index in [1.165, 1.54) is 37.9 Å². The molecule has 1 heterocycles. The summed E-state index contributed by atoms with van der Waals surface area (Å²) in [7, 11) is 1.87. The number of rotatable bonds is 4. The second-order valence-electron chi connectivity index (χ2n) is 7.27. The number of aliphatic imine (C=N–C) groups is 1. The molecule has 0 spiro atoms. The van der Waals surface area contributed by atoms with Gasteiger partial charge in [0, 0.05) is 48.7 Å². The van der Waals surface area contributed by atoms with Gasteiger partial charge in [-0.25, -0.2) is 0 Å². The minimum absolute atomic E-state index is 0.508. The van der Waals surface area contributed by atoms with Crippen molar-refractivity contribution in [1.82, 2.24) is 15.5 Å². The summed E-state index contributed by atoms with van der Waals surface area (Å²) in [5.74, 6) is 1.57. The van der Waals surface area contributed by atoms with Crippen LogP contribution in [0.2, 0.25) is 0 Å². The highest BCUT2D eigenvalue weighted by atomic mass is 79.9. The van der Waals surface area contributed by atoms with E-state index in [2.05, 4.69) is 74.6 Å². The summed E-state index contributed by atoms with van der Waals surface area (Å²) < 4.78 is 1.14. The molecular weight excluding hydrogens is 364 g/mol. The van der Waals surface area contributed by atoms with Gasteiger partial charge >= 0.3 is 0 Å². The maximum atomic E-state index is 4.43. The lowest BCUT2D eigenvalue weighted by Gasteiger charge is -2.35. The molecule has 1 aliphatic carbocycles. The summed E-state index contributed by atoms with van der Waals surface area (Å²) in [5.41, 5.74) is 1.41. The third-order valence-corrected chi connectivity index (χ3v) is 5.76. The van der Waals surface area contributed by atoms with E-state index in [0.717, 1.165) is 10.4 Å². The van der Waals surface area contributed by atoms with Crippen LogP contribution in [-0.4, -0.2) is 49.1 Å². The van der Waals surface area contributed by atoms with Gasteiger partial charge in [0.05, 0.1) is 0 Å². The Bertz CT molecular complexity index is 561. The molecule has 1 saturated carbocycles. The number of nitrogens with zero attached hydrogens (tertiary/aromatic N) is 2. The molecule has 1 aliphatic heterocycles. The SMILES string of the molecule is CN=C(NC1CCN(C(C)C)CC1)NC1CC1c1ccc(Br)cc1. The molecule has 0 amide bonds. The molecular formula is C19H29BrN4. The molecule has 5 heteroatoms. The number of likely N-dealkylation sites (tertiary alicyclic amines) is 1. The fraction of sp³-hybridized carbons (Fsp3) is 0.632. The van der Waals surface area contributed by atoms with Gasteiger partial charge in [-0.1, -0.05) is 28.1 Å². The van der Waals surface area contributed by atoms with Crippen LogP contribution in [-0.2, 0) is 0 Å². The van der Waals surface area contributed by atoms with Crippen LogP contribution in [0.3, 0.4) is 0 Å². The van der Waals surface area contributed by atoms with Crippen molar-refractivity contribution in [3.8, 4) is 0 Å². The topological polar surface area (TPSA) is 39.7 Å². The van der Waals surface area contributed by atoms with Gasteiger partial charge in [-0.3, -0.25) is 4.99 Å². The van der Waals surface area contributed by atoms with Gasteiger partial charge < -0.3 is 15.5 Å². The zero-order valence-corrected chi connectivity index (χ0v) is 16.5. The first-order valence-electron chi connectivity index (χ1n) is 9.06. The third-order valence-electron chi connectivity index (χ3n) is 5.24. The number of halogens is 1. The quantitative estimate of drug-likeness (QED) is 0.609. The molecule has 2 atom stereocenters. The second kappa shape index (κ2) is 7.87. The van der Waals surface area contributed by atoms with Crippen LogP contribution in [0.15, 0.2) is 33.7 Å². The van der Waals surface area contributed by atoms with Gasteiger partial charge in [-0.15, -0.1) is 0 Å². The lowest BCUT2D eigenvalue weighted by Crippen LogP contribution is -2.50. The van der Waals surface area contributed by atoms with Crippen LogP contribution >= 0.6 is 15.9 Å². The fourth-order valence-electron chi connectivity index (χ4n) is 3.53. The van der Waals surface area contributed by atoms with Crippen molar-refractivity contribution in [3.63, 3.8) is 0 Å². The molecule has 2 unspecified atom stereocenters. The first-order valence-corrected chi connectivity index (χ1v) is 9.85. The molecule has 0 aromatic heterocycles. The lowest BCUT2D eigenvalue weighted by atomic mass is 10.0. The molecule has 2 N–H and O–H groups in total. The van der Waals surface area contributed by atoms with Gasteiger partial charge in [0.15, 0.2) is 5.96 Å². The van der Waals surface area contributed by atoms with Crippen LogP contribution in [0.1, 0.15) is 44.6 Å². The Kier molecular flexibility index (Phi) is 5.82. The van der Waals surface area contributed by atoms with Crippen molar-refractivity contribution in [2.75, 3.05) is 20.1 Å². The zero-order chi connectivity index (χ0) is 17.1. The predicted octanol–water partition coefficient (Wildman–Crippen LogP) is 3.34. The van der Waals surface area contributed by atoms with E-state index in [1.54, 1.807) is 0 Å². The highest BCUT2D eigenvalue weighted by Gasteiger charge is 2.39. The van der Waals surface area contributed by atoms with Crippen molar-refractivity contribution < 1.29 is 0 Å². The normalized spacial score (nSPS) is 25.8. The maximum absolute atomic E-state index is 4.43. The van der Waals surface area contributed by atoms with E-state index < -0.39 is 0 Å². The Morgan fingerprint density at radius 1 is 1.17 bits per heavy atom. The average Bonchev–Trinajstić information content (AvgIpc) is 3.34. The van der Waals surface area contributed by atoms with Crippen LogP contribution in [0.4, 0.5) is 0 Å². The van der Waals surface area contributed by atoms with Crippen LogP contribution < -0.4 is 10.6 Å². The first kappa shape index (κ1) is 17.7. The van der Waals surface area contributed by atoms with Crippen LogP contribution in [0, 0.1) is 0 Å². The molecule has 2 fully saturated rings. The number of hydrogen-bond acceptors (Lipinski definition) is 2. The number of nitrogens with one attached hydrogen (secondary N) is 2. The summed E-state index contributed by atoms with van der Waals surface area (Å²) in [5, 5.41) is 7.22. The van der Waals surface area contributed by atoms with Crippen molar-refractivity contribution >= 4 is 21.9 Å². The zero-order valence-electron chi connectivity index (χ0n) is 14.9. The Morgan fingerprint density at radius 2 is 1.83 bits per heavy atom. The number of benzene rings is 1. The van der Waals surface area contributed by atoms with Crippen molar-refractivity contribution in [2.45, 2.75) is 57.2 Å². The van der Waals surface area contributed by atoms with Gasteiger partial charge in [0.1, 0.15) is 0 Å². The summed E-state index contributed by atoms with van der Waals surface area (Å²) in [4.78, 5) is 6.99. The van der Waals surface area contributed by atoms with Crippen molar-refractivity contribution in [3.05, 3.63) is 34.3 Å². The van der Waals surface area contributed by atoms with Gasteiger partial charge in [-0.2, -0.15) is 0 Å². The molecule has 24 heavy (non-hydrogen) atoms. The molecule has 1 aromatic rings. The smallest absolute Gasteiger partial charge is 0.191 e. The lowest BCUT2D eigenvalue weighted by molar-refractivity contribution is 0.167. The number of hydrogen-bond donors (Lipinski definition) is 2. The molecule has 0 radical (unpaired) electrons. The maximum Gasteiger partial charge on any atom is 0.191 e. The second-order valence-corrected chi connectivity index (χ2v) is 8.18.